The van der Waals surface area contributed by atoms with Gasteiger partial charge in [-0.3, -0.25) is 4.79 Å². The van der Waals surface area contributed by atoms with Crippen molar-refractivity contribution < 1.29 is 13.2 Å². The molecule has 3 aromatic rings. The van der Waals surface area contributed by atoms with Crippen LogP contribution in [0.25, 0.3) is 10.5 Å². The van der Waals surface area contributed by atoms with Gasteiger partial charge in [-0.1, -0.05) is 25.1 Å². The van der Waals surface area contributed by atoms with Crippen LogP contribution in [0.2, 0.25) is 0 Å². The van der Waals surface area contributed by atoms with Gasteiger partial charge in [-0.2, -0.15) is 13.2 Å². The Morgan fingerprint density at radius 1 is 1.36 bits per heavy atom. The maximum Gasteiger partial charge on any atom is 0.416 e. The van der Waals surface area contributed by atoms with Crippen molar-refractivity contribution in [3.8, 4) is 0 Å². The molecule has 0 aliphatic rings. The van der Waals surface area contributed by atoms with Gasteiger partial charge >= 0.3 is 6.18 Å². The largest absolute Gasteiger partial charge is 0.416 e. The van der Waals surface area contributed by atoms with Crippen LogP contribution in [0, 0.1) is 6.57 Å². The van der Waals surface area contributed by atoms with E-state index >= 15 is 0 Å². The van der Waals surface area contributed by atoms with Crippen LogP contribution in [0.4, 0.5) is 18.9 Å². The van der Waals surface area contributed by atoms with Crippen LogP contribution >= 0.6 is 0 Å². The minimum atomic E-state index is -4.43. The van der Waals surface area contributed by atoms with Crippen LogP contribution in [0.5, 0.6) is 0 Å². The van der Waals surface area contributed by atoms with Gasteiger partial charge in [-0.25, -0.2) is 14.3 Å². The third-order valence-corrected chi connectivity index (χ3v) is 3.92. The lowest BCUT2D eigenvalue weighted by Gasteiger charge is -2.11. The fourth-order valence-electron chi connectivity index (χ4n) is 2.72. The van der Waals surface area contributed by atoms with Crippen molar-refractivity contribution >= 4 is 11.3 Å². The highest BCUT2D eigenvalue weighted by Crippen LogP contribution is 2.30. The molecule has 0 spiro atoms. The number of nitrogens with one attached hydrogen (secondary N) is 1. The van der Waals surface area contributed by atoms with Crippen molar-refractivity contribution in [3.63, 3.8) is 0 Å². The molecule has 2 aromatic heterocycles. The lowest BCUT2D eigenvalue weighted by Crippen LogP contribution is -2.22. The number of alkyl halides is 3. The number of fused-ring (bicyclic) bond motifs is 1. The molecule has 0 radical (unpaired) electrons. The van der Waals surface area contributed by atoms with Crippen molar-refractivity contribution in [2.24, 2.45) is 0 Å². The third-order valence-electron chi connectivity index (χ3n) is 3.92. The zero-order chi connectivity index (χ0) is 18.2. The summed E-state index contributed by atoms with van der Waals surface area (Å²) in [6.45, 7) is 8.90. The number of aromatic amines is 1. The molecule has 0 unspecified atom stereocenters. The van der Waals surface area contributed by atoms with Gasteiger partial charge in [0, 0.05) is 18.2 Å². The first-order valence-corrected chi connectivity index (χ1v) is 7.50. The van der Waals surface area contributed by atoms with E-state index in [1.807, 2.05) is 0 Å². The van der Waals surface area contributed by atoms with Crippen molar-refractivity contribution in [3.05, 3.63) is 74.6 Å². The smallest absolute Gasteiger partial charge is 0.308 e. The summed E-state index contributed by atoms with van der Waals surface area (Å²) in [5.74, 6) is 0. The molecule has 1 aromatic carbocycles. The fraction of sp³-hybridized carbons (Fsp3) is 0.235. The third kappa shape index (κ3) is 3.01. The molecule has 0 fully saturated rings. The molecule has 0 atom stereocenters. The minimum Gasteiger partial charge on any atom is -0.308 e. The molecule has 3 rings (SSSR count). The first-order valence-electron chi connectivity index (χ1n) is 7.50. The SMILES string of the molecule is [C-]#[N+]c1c[nH]n2c(=O)c(CC)c(Cc3cccc(C(F)(F)F)c3)nc12. The van der Waals surface area contributed by atoms with E-state index in [1.165, 1.54) is 16.8 Å². The van der Waals surface area contributed by atoms with Crippen molar-refractivity contribution in [2.45, 2.75) is 25.9 Å². The minimum absolute atomic E-state index is 0.0848. The molecular weight excluding hydrogens is 333 g/mol. The van der Waals surface area contributed by atoms with Crippen LogP contribution < -0.4 is 5.56 Å². The molecule has 0 bridgehead atoms. The second-order valence-corrected chi connectivity index (χ2v) is 5.50. The van der Waals surface area contributed by atoms with Gasteiger partial charge in [0.15, 0.2) is 5.65 Å². The predicted octanol–water partition coefficient (Wildman–Crippen LogP) is 3.75. The van der Waals surface area contributed by atoms with Crippen LogP contribution in [0.3, 0.4) is 0 Å². The average molecular weight is 346 g/mol. The van der Waals surface area contributed by atoms with E-state index in [-0.39, 0.29) is 23.3 Å². The molecule has 1 N–H and O–H groups in total. The Morgan fingerprint density at radius 3 is 2.76 bits per heavy atom. The normalized spacial score (nSPS) is 11.6. The van der Waals surface area contributed by atoms with E-state index in [1.54, 1.807) is 13.0 Å². The molecule has 0 saturated heterocycles. The summed E-state index contributed by atoms with van der Waals surface area (Å²) in [7, 11) is 0. The highest BCUT2D eigenvalue weighted by molar-refractivity contribution is 5.67. The number of halogens is 3. The number of hydrogen-bond acceptors (Lipinski definition) is 2. The lowest BCUT2D eigenvalue weighted by molar-refractivity contribution is -0.137. The monoisotopic (exact) mass is 346 g/mol. The highest BCUT2D eigenvalue weighted by atomic mass is 19.4. The van der Waals surface area contributed by atoms with E-state index in [9.17, 15) is 18.0 Å². The number of benzene rings is 1. The van der Waals surface area contributed by atoms with Crippen molar-refractivity contribution in [1.82, 2.24) is 14.6 Å². The van der Waals surface area contributed by atoms with E-state index in [2.05, 4.69) is 14.9 Å². The molecule has 8 heteroatoms. The molecule has 128 valence electrons. The summed E-state index contributed by atoms with van der Waals surface area (Å²) in [5, 5.41) is 2.68. The Labute approximate surface area is 140 Å². The van der Waals surface area contributed by atoms with E-state index < -0.39 is 11.7 Å². The fourth-order valence-corrected chi connectivity index (χ4v) is 2.72. The summed E-state index contributed by atoms with van der Waals surface area (Å²) >= 11 is 0. The quantitative estimate of drug-likeness (QED) is 0.735. The molecule has 0 aliphatic heterocycles. The number of nitrogens with zero attached hydrogens (tertiary/aromatic N) is 3. The first-order chi connectivity index (χ1) is 11.8. The summed E-state index contributed by atoms with van der Waals surface area (Å²) < 4.78 is 39.8. The Morgan fingerprint density at radius 2 is 2.12 bits per heavy atom. The number of hydrogen-bond donors (Lipinski definition) is 1. The van der Waals surface area contributed by atoms with Crippen molar-refractivity contribution in [2.75, 3.05) is 0 Å². The van der Waals surface area contributed by atoms with Gasteiger partial charge in [0.2, 0.25) is 5.69 Å². The Bertz CT molecular complexity index is 1040. The van der Waals surface area contributed by atoms with Gasteiger partial charge < -0.3 is 5.10 Å². The maximum absolute atomic E-state index is 12.9. The zero-order valence-electron chi connectivity index (χ0n) is 13.2. The van der Waals surface area contributed by atoms with Gasteiger partial charge in [-0.05, 0) is 18.1 Å². The highest BCUT2D eigenvalue weighted by Gasteiger charge is 2.30. The van der Waals surface area contributed by atoms with Crippen LogP contribution in [0.1, 0.15) is 29.3 Å². The summed E-state index contributed by atoms with van der Waals surface area (Å²) in [5.41, 5.74) is 0.475. The van der Waals surface area contributed by atoms with Gasteiger partial charge in [0.25, 0.3) is 5.56 Å². The number of H-pyrrole nitrogens is 1. The molecular formula is C17H13F3N4O. The molecule has 0 saturated carbocycles. The second-order valence-electron chi connectivity index (χ2n) is 5.50. The van der Waals surface area contributed by atoms with Gasteiger partial charge in [-0.15, -0.1) is 0 Å². The van der Waals surface area contributed by atoms with Crippen LogP contribution in [-0.4, -0.2) is 14.6 Å². The maximum atomic E-state index is 12.9. The van der Waals surface area contributed by atoms with Gasteiger partial charge in [0.05, 0.1) is 17.8 Å². The summed E-state index contributed by atoms with van der Waals surface area (Å²) in [6, 6.07) is 4.94. The number of rotatable bonds is 3. The molecule has 0 aliphatic carbocycles. The van der Waals surface area contributed by atoms with Crippen LogP contribution in [0.15, 0.2) is 35.3 Å². The molecule has 5 nitrogen and oxygen atoms in total. The number of aromatic nitrogens is 3. The Balaban J connectivity index is 2.13. The Kier molecular flexibility index (Phi) is 4.08. The lowest BCUT2D eigenvalue weighted by atomic mass is 10.0. The summed E-state index contributed by atoms with van der Waals surface area (Å²) in [6.07, 6.45) is -2.58. The molecule has 2 heterocycles. The first kappa shape index (κ1) is 16.8. The van der Waals surface area contributed by atoms with E-state index in [0.29, 0.717) is 23.2 Å². The van der Waals surface area contributed by atoms with E-state index in [0.717, 1.165) is 12.1 Å². The Hall–Kier alpha value is -3.08. The van der Waals surface area contributed by atoms with Gasteiger partial charge in [0.1, 0.15) is 0 Å². The van der Waals surface area contributed by atoms with Crippen molar-refractivity contribution in [1.29, 1.82) is 0 Å². The predicted molar refractivity (Wildman–Crippen MR) is 85.7 cm³/mol. The topological polar surface area (TPSA) is 54.5 Å². The second kappa shape index (κ2) is 6.09. The summed E-state index contributed by atoms with van der Waals surface area (Å²) in [4.78, 5) is 20.2. The zero-order valence-corrected chi connectivity index (χ0v) is 13.2. The average Bonchev–Trinajstić information content (AvgIpc) is 2.98. The standard InChI is InChI=1S/C17H13F3N4O/c1-3-12-13(8-10-5-4-6-11(7-10)17(18,19)20)23-15-14(21-2)9-22-24(15)16(12)25/h4-7,9,22H,3,8H2,1H3. The molecule has 0 amide bonds. The van der Waals surface area contributed by atoms with E-state index in [4.69, 9.17) is 6.57 Å². The van der Waals surface area contributed by atoms with Crippen LogP contribution in [-0.2, 0) is 19.0 Å². The molecule has 25 heavy (non-hydrogen) atoms.